The van der Waals surface area contributed by atoms with Crippen LogP contribution < -0.4 is 9.62 Å². The fourth-order valence-electron chi connectivity index (χ4n) is 5.01. The molecule has 4 aromatic rings. The lowest BCUT2D eigenvalue weighted by Crippen LogP contribution is -2.53. The van der Waals surface area contributed by atoms with Gasteiger partial charge in [-0.15, -0.1) is 0 Å². The highest BCUT2D eigenvalue weighted by molar-refractivity contribution is 7.92. The van der Waals surface area contributed by atoms with Crippen molar-refractivity contribution in [2.24, 2.45) is 0 Å². The van der Waals surface area contributed by atoms with E-state index in [2.05, 4.69) is 5.32 Å². The number of nitrogens with one attached hydrogen (secondary N) is 1. The Morgan fingerprint density at radius 2 is 1.50 bits per heavy atom. The fraction of sp³-hybridized carbons (Fsp3) is 0.257. The van der Waals surface area contributed by atoms with Crippen molar-refractivity contribution in [3.8, 4) is 0 Å². The maximum absolute atomic E-state index is 14.5. The molecule has 0 radical (unpaired) electrons. The number of carbonyl (C=O) groups is 2. The zero-order valence-electron chi connectivity index (χ0n) is 25.2. The predicted molar refractivity (Wildman–Crippen MR) is 176 cm³/mol. The molecule has 0 saturated carbocycles. The van der Waals surface area contributed by atoms with Gasteiger partial charge in [-0.3, -0.25) is 13.9 Å². The lowest BCUT2D eigenvalue weighted by molar-refractivity contribution is -0.140. The van der Waals surface area contributed by atoms with Gasteiger partial charge < -0.3 is 10.2 Å². The van der Waals surface area contributed by atoms with Crippen LogP contribution in [0.3, 0.4) is 0 Å². The van der Waals surface area contributed by atoms with Crippen molar-refractivity contribution in [2.75, 3.05) is 17.4 Å². The summed E-state index contributed by atoms with van der Waals surface area (Å²) in [5.41, 5.74) is 3.64. The largest absolute Gasteiger partial charge is 0.354 e. The van der Waals surface area contributed by atoms with Gasteiger partial charge >= 0.3 is 0 Å². The van der Waals surface area contributed by atoms with E-state index in [1.807, 2.05) is 68.4 Å². The molecule has 2 amide bonds. The summed E-state index contributed by atoms with van der Waals surface area (Å²) in [6.07, 6.45) is 0.988. The summed E-state index contributed by atoms with van der Waals surface area (Å²) in [6, 6.07) is 29.3. The summed E-state index contributed by atoms with van der Waals surface area (Å²) in [6.45, 7) is 5.72. The summed E-state index contributed by atoms with van der Waals surface area (Å²) in [7, 11) is -4.19. The second-order valence-electron chi connectivity index (χ2n) is 10.8. The molecule has 0 aliphatic heterocycles. The van der Waals surface area contributed by atoms with Gasteiger partial charge in [-0.2, -0.15) is 0 Å². The minimum atomic E-state index is -4.19. The van der Waals surface area contributed by atoms with Crippen molar-refractivity contribution >= 4 is 39.1 Å². The summed E-state index contributed by atoms with van der Waals surface area (Å²) >= 11 is 6.34. The van der Waals surface area contributed by atoms with Gasteiger partial charge in [0.1, 0.15) is 12.6 Å². The molecule has 4 aromatic carbocycles. The molecule has 1 N–H and O–H groups in total. The molecule has 1 atom stereocenters. The number of aryl methyl sites for hydroxylation is 2. The van der Waals surface area contributed by atoms with Crippen LogP contribution in [0.25, 0.3) is 0 Å². The summed E-state index contributed by atoms with van der Waals surface area (Å²) in [5, 5.41) is 3.30. The third-order valence-corrected chi connectivity index (χ3v) is 9.31. The summed E-state index contributed by atoms with van der Waals surface area (Å²) in [5.74, 6) is -0.814. The van der Waals surface area contributed by atoms with Gasteiger partial charge in [0.05, 0.1) is 10.6 Å². The number of benzene rings is 4. The molecule has 9 heteroatoms. The smallest absolute Gasteiger partial charge is 0.264 e. The van der Waals surface area contributed by atoms with Crippen molar-refractivity contribution in [3.05, 3.63) is 130 Å². The van der Waals surface area contributed by atoms with E-state index in [-0.39, 0.29) is 23.8 Å². The Morgan fingerprint density at radius 3 is 2.16 bits per heavy atom. The summed E-state index contributed by atoms with van der Waals surface area (Å²) < 4.78 is 29.3. The van der Waals surface area contributed by atoms with Crippen LogP contribution >= 0.6 is 11.6 Å². The first-order valence-electron chi connectivity index (χ1n) is 14.6. The van der Waals surface area contributed by atoms with Crippen LogP contribution in [-0.4, -0.2) is 44.3 Å². The highest BCUT2D eigenvalue weighted by Crippen LogP contribution is 2.30. The maximum atomic E-state index is 14.5. The van der Waals surface area contributed by atoms with Gasteiger partial charge in [0, 0.05) is 24.5 Å². The van der Waals surface area contributed by atoms with Crippen molar-refractivity contribution in [3.63, 3.8) is 0 Å². The Bertz CT molecular complexity index is 1680. The van der Waals surface area contributed by atoms with E-state index in [4.69, 9.17) is 11.6 Å². The topological polar surface area (TPSA) is 86.8 Å². The van der Waals surface area contributed by atoms with E-state index in [1.54, 1.807) is 43.3 Å². The molecule has 230 valence electrons. The van der Waals surface area contributed by atoms with Crippen LogP contribution in [0.15, 0.2) is 108 Å². The number of sulfonamides is 1. The van der Waals surface area contributed by atoms with Gasteiger partial charge in [0.25, 0.3) is 10.0 Å². The van der Waals surface area contributed by atoms with E-state index in [1.165, 1.54) is 17.0 Å². The average molecular weight is 632 g/mol. The van der Waals surface area contributed by atoms with Gasteiger partial charge in [0.2, 0.25) is 11.8 Å². The molecule has 0 aliphatic rings. The van der Waals surface area contributed by atoms with Crippen LogP contribution in [0.1, 0.15) is 35.6 Å². The van der Waals surface area contributed by atoms with E-state index >= 15 is 0 Å². The lowest BCUT2D eigenvalue weighted by atomic mass is 10.0. The molecule has 0 spiro atoms. The first-order chi connectivity index (χ1) is 21.1. The first-order valence-corrected chi connectivity index (χ1v) is 16.4. The van der Waals surface area contributed by atoms with E-state index < -0.39 is 28.5 Å². The minimum absolute atomic E-state index is 0.0407. The fourth-order valence-corrected chi connectivity index (χ4v) is 6.67. The zero-order chi connectivity index (χ0) is 31.7. The van der Waals surface area contributed by atoms with Crippen LogP contribution in [0.4, 0.5) is 5.69 Å². The molecule has 0 bridgehead atoms. The normalized spacial score (nSPS) is 11.9. The Morgan fingerprint density at radius 1 is 0.841 bits per heavy atom. The molecule has 0 saturated heterocycles. The number of halogens is 1. The zero-order valence-corrected chi connectivity index (χ0v) is 26.8. The van der Waals surface area contributed by atoms with Gasteiger partial charge in [-0.25, -0.2) is 8.42 Å². The molecule has 7 nitrogen and oxygen atoms in total. The molecule has 0 fully saturated rings. The maximum Gasteiger partial charge on any atom is 0.264 e. The lowest BCUT2D eigenvalue weighted by Gasteiger charge is -2.34. The Balaban J connectivity index is 1.82. The number of nitrogens with zero attached hydrogens (tertiary/aromatic N) is 2. The number of anilines is 1. The second kappa shape index (κ2) is 15.0. The number of hydrogen-bond acceptors (Lipinski definition) is 4. The highest BCUT2D eigenvalue weighted by atomic mass is 35.5. The van der Waals surface area contributed by atoms with Crippen LogP contribution in [0.5, 0.6) is 0 Å². The van der Waals surface area contributed by atoms with Crippen molar-refractivity contribution < 1.29 is 18.0 Å². The van der Waals surface area contributed by atoms with Gasteiger partial charge in [0.15, 0.2) is 0 Å². The SMILES string of the molecule is CCCNC(=O)[C@H](Cc1ccccc1)N(Cc1cccc(C)c1)C(=O)CN(c1cc(Cl)ccc1C)S(=O)(=O)c1ccccc1. The molecule has 0 aromatic heterocycles. The number of carbonyl (C=O) groups excluding carboxylic acids is 2. The Kier molecular flexibility index (Phi) is 11.2. The van der Waals surface area contributed by atoms with Gasteiger partial charge in [-0.1, -0.05) is 103 Å². The first kappa shape index (κ1) is 32.8. The minimum Gasteiger partial charge on any atom is -0.354 e. The third kappa shape index (κ3) is 8.27. The molecule has 44 heavy (non-hydrogen) atoms. The number of rotatable bonds is 13. The number of hydrogen-bond donors (Lipinski definition) is 1. The van der Waals surface area contributed by atoms with Crippen molar-refractivity contribution in [1.82, 2.24) is 10.2 Å². The van der Waals surface area contributed by atoms with Crippen LogP contribution in [0.2, 0.25) is 5.02 Å². The number of amides is 2. The van der Waals surface area contributed by atoms with Crippen LogP contribution in [-0.2, 0) is 32.6 Å². The molecule has 0 aliphatic carbocycles. The highest BCUT2D eigenvalue weighted by Gasteiger charge is 2.35. The van der Waals surface area contributed by atoms with E-state index in [0.29, 0.717) is 22.8 Å². The Hall–Kier alpha value is -4.14. The second-order valence-corrected chi connectivity index (χ2v) is 13.1. The molecule has 0 unspecified atom stereocenters. The van der Waals surface area contributed by atoms with Crippen molar-refractivity contribution in [2.45, 2.75) is 51.1 Å². The third-order valence-electron chi connectivity index (χ3n) is 7.31. The van der Waals surface area contributed by atoms with E-state index in [9.17, 15) is 18.0 Å². The predicted octanol–water partition coefficient (Wildman–Crippen LogP) is 6.32. The Labute approximate surface area is 265 Å². The monoisotopic (exact) mass is 631 g/mol. The van der Waals surface area contributed by atoms with Gasteiger partial charge in [-0.05, 0) is 61.2 Å². The molecule has 4 rings (SSSR count). The molecular weight excluding hydrogens is 594 g/mol. The van der Waals surface area contributed by atoms with E-state index in [0.717, 1.165) is 27.4 Å². The summed E-state index contributed by atoms with van der Waals surface area (Å²) in [4.78, 5) is 29.8. The quantitative estimate of drug-likeness (QED) is 0.187. The van der Waals surface area contributed by atoms with Crippen LogP contribution in [0, 0.1) is 13.8 Å². The standard InChI is InChI=1S/C35H38ClN3O4S/c1-4-20-37-35(41)33(22-28-13-7-5-8-14-28)38(24-29-15-11-12-26(2)21-29)34(40)25-39(32-23-30(36)19-18-27(32)3)44(42,43)31-16-9-6-10-17-31/h5-19,21,23,33H,4,20,22,24-25H2,1-3H3,(H,37,41)/t33-/m0/s1. The molecular formula is C35H38ClN3O4S. The van der Waals surface area contributed by atoms with Crippen molar-refractivity contribution in [1.29, 1.82) is 0 Å². The average Bonchev–Trinajstić information content (AvgIpc) is 3.02. The molecule has 0 heterocycles.